The summed E-state index contributed by atoms with van der Waals surface area (Å²) < 4.78 is 30.1. The van der Waals surface area contributed by atoms with Gasteiger partial charge < -0.3 is 15.0 Å². The highest BCUT2D eigenvalue weighted by Gasteiger charge is 2.30. The lowest BCUT2D eigenvalue weighted by Gasteiger charge is -2.25. The van der Waals surface area contributed by atoms with E-state index in [0.717, 1.165) is 10.4 Å². The topological polar surface area (TPSA) is 110 Å². The monoisotopic (exact) mass is 512 g/mol. The largest absolute Gasteiger partial charge is 0.462 e. The third-order valence-corrected chi connectivity index (χ3v) is 8.43. The molecule has 8 nitrogen and oxygen atoms in total. The predicted octanol–water partition coefficient (Wildman–Crippen LogP) is 3.68. The van der Waals surface area contributed by atoms with E-state index in [2.05, 4.69) is 5.32 Å². The van der Waals surface area contributed by atoms with Crippen LogP contribution in [0, 0.1) is 0 Å². The molecular formula is C22H25ClN2O6S2. The second-order valence-corrected chi connectivity index (χ2v) is 11.2. The maximum atomic E-state index is 12.6. The van der Waals surface area contributed by atoms with Gasteiger partial charge in [-0.25, -0.2) is 13.2 Å². The zero-order chi connectivity index (χ0) is 24.2. The van der Waals surface area contributed by atoms with Crippen molar-refractivity contribution in [2.75, 3.05) is 24.2 Å². The Morgan fingerprint density at radius 3 is 2.55 bits per heavy atom. The minimum absolute atomic E-state index is 0.0305. The van der Waals surface area contributed by atoms with E-state index in [1.807, 2.05) is 0 Å². The Balaban J connectivity index is 1.69. The van der Waals surface area contributed by atoms with Crippen LogP contribution in [0.25, 0.3) is 0 Å². The number of thiophene rings is 1. The van der Waals surface area contributed by atoms with Crippen LogP contribution in [0.1, 0.15) is 47.5 Å². The van der Waals surface area contributed by atoms with Crippen molar-refractivity contribution in [3.05, 3.63) is 45.3 Å². The van der Waals surface area contributed by atoms with Gasteiger partial charge in [0.2, 0.25) is 11.8 Å². The number of nitrogens with one attached hydrogen (secondary N) is 1. The second kappa shape index (κ2) is 10.7. The van der Waals surface area contributed by atoms with Crippen molar-refractivity contribution < 1.29 is 27.5 Å². The summed E-state index contributed by atoms with van der Waals surface area (Å²) in [5.41, 5.74) is 1.11. The number of hydrogen-bond acceptors (Lipinski definition) is 7. The maximum absolute atomic E-state index is 12.6. The summed E-state index contributed by atoms with van der Waals surface area (Å²) in [5, 5.41) is 3.56. The molecule has 0 spiro atoms. The fraction of sp³-hybridized carbons (Fsp3) is 0.409. The molecule has 1 aliphatic heterocycles. The van der Waals surface area contributed by atoms with Crippen LogP contribution in [0.2, 0.25) is 5.02 Å². The first-order valence-electron chi connectivity index (χ1n) is 10.5. The van der Waals surface area contributed by atoms with Crippen LogP contribution in [0.4, 0.5) is 5.00 Å². The number of carbonyl (C=O) groups is 3. The molecule has 3 rings (SSSR count). The van der Waals surface area contributed by atoms with Crippen LogP contribution in [-0.2, 0) is 37.1 Å². The number of ether oxygens (including phenoxy) is 1. The molecule has 178 valence electrons. The van der Waals surface area contributed by atoms with Crippen molar-refractivity contribution in [2.45, 2.75) is 44.6 Å². The van der Waals surface area contributed by atoms with Crippen LogP contribution in [-0.4, -0.2) is 50.0 Å². The van der Waals surface area contributed by atoms with Gasteiger partial charge in [0.15, 0.2) is 9.84 Å². The van der Waals surface area contributed by atoms with E-state index in [-0.39, 0.29) is 36.0 Å². The molecule has 0 radical (unpaired) electrons. The fourth-order valence-corrected chi connectivity index (χ4v) is 6.26. The summed E-state index contributed by atoms with van der Waals surface area (Å²) in [7, 11) is -3.54. The number of amides is 2. The van der Waals surface area contributed by atoms with E-state index in [1.165, 1.54) is 42.5 Å². The van der Waals surface area contributed by atoms with Gasteiger partial charge >= 0.3 is 5.97 Å². The van der Waals surface area contributed by atoms with Gasteiger partial charge in [-0.15, -0.1) is 11.3 Å². The predicted molar refractivity (Wildman–Crippen MR) is 126 cm³/mol. The molecule has 2 amide bonds. The average Bonchev–Trinajstić information content (AvgIpc) is 3.10. The van der Waals surface area contributed by atoms with Crippen molar-refractivity contribution in [3.8, 4) is 0 Å². The van der Waals surface area contributed by atoms with Crippen LogP contribution in [0.3, 0.4) is 0 Å². The Morgan fingerprint density at radius 2 is 1.91 bits per heavy atom. The van der Waals surface area contributed by atoms with E-state index >= 15 is 0 Å². The van der Waals surface area contributed by atoms with E-state index in [9.17, 15) is 22.8 Å². The van der Waals surface area contributed by atoms with E-state index in [4.69, 9.17) is 16.3 Å². The number of rotatable bonds is 8. The molecule has 0 unspecified atom stereocenters. The van der Waals surface area contributed by atoms with Gasteiger partial charge in [-0.2, -0.15) is 0 Å². The number of anilines is 1. The molecule has 0 aliphatic carbocycles. The number of fused-ring (bicyclic) bond motifs is 1. The van der Waals surface area contributed by atoms with Gasteiger partial charge in [-0.3, -0.25) is 9.59 Å². The van der Waals surface area contributed by atoms with E-state index in [1.54, 1.807) is 11.8 Å². The molecule has 0 atom stereocenters. The molecular weight excluding hydrogens is 488 g/mol. The maximum Gasteiger partial charge on any atom is 0.341 e. The highest BCUT2D eigenvalue weighted by Crippen LogP contribution is 2.38. The standard InChI is InChI=1S/C22H25ClN2O6S2/c1-3-31-22(28)20-17-10-11-25(14(2)26)13-18(17)32-21(20)24-19(27)5-4-12-33(29,30)16-8-6-15(23)7-9-16/h6-9H,3-5,10-13H2,1-2H3,(H,24,27). The molecule has 2 heterocycles. The zero-order valence-electron chi connectivity index (χ0n) is 18.4. The third-order valence-electron chi connectivity index (χ3n) is 5.22. The van der Waals surface area contributed by atoms with Gasteiger partial charge in [0.25, 0.3) is 0 Å². The number of benzene rings is 1. The molecule has 1 aromatic heterocycles. The van der Waals surface area contributed by atoms with Crippen molar-refractivity contribution in [3.63, 3.8) is 0 Å². The van der Waals surface area contributed by atoms with E-state index in [0.29, 0.717) is 35.1 Å². The van der Waals surface area contributed by atoms with E-state index < -0.39 is 21.7 Å². The Morgan fingerprint density at radius 1 is 1.21 bits per heavy atom. The van der Waals surface area contributed by atoms with Crippen LogP contribution < -0.4 is 5.32 Å². The van der Waals surface area contributed by atoms with Crippen LogP contribution >= 0.6 is 22.9 Å². The summed E-state index contributed by atoms with van der Waals surface area (Å²) in [4.78, 5) is 39.6. The van der Waals surface area contributed by atoms with Gasteiger partial charge in [-0.05, 0) is 49.6 Å². The molecule has 2 aromatic rings. The van der Waals surface area contributed by atoms with Crippen molar-refractivity contribution in [2.24, 2.45) is 0 Å². The number of esters is 1. The Hall–Kier alpha value is -2.43. The molecule has 11 heteroatoms. The number of sulfone groups is 1. The number of nitrogens with zero attached hydrogens (tertiary/aromatic N) is 1. The Bertz CT molecular complexity index is 1160. The smallest absolute Gasteiger partial charge is 0.341 e. The minimum atomic E-state index is -3.54. The Kier molecular flexibility index (Phi) is 8.14. The van der Waals surface area contributed by atoms with Crippen molar-refractivity contribution >= 4 is 55.6 Å². The number of halogens is 1. The summed E-state index contributed by atoms with van der Waals surface area (Å²) >= 11 is 7.05. The van der Waals surface area contributed by atoms with Gasteiger partial charge in [0, 0.05) is 29.8 Å². The normalized spacial score (nSPS) is 13.4. The quantitative estimate of drug-likeness (QED) is 0.540. The second-order valence-electron chi connectivity index (χ2n) is 7.54. The molecule has 0 saturated carbocycles. The summed E-state index contributed by atoms with van der Waals surface area (Å²) in [5.74, 6) is -1.17. The molecule has 0 fully saturated rings. The molecule has 0 saturated heterocycles. The molecule has 0 bridgehead atoms. The first-order valence-corrected chi connectivity index (χ1v) is 13.3. The minimum Gasteiger partial charge on any atom is -0.462 e. The summed E-state index contributed by atoms with van der Waals surface area (Å²) in [6, 6.07) is 5.88. The lowest BCUT2D eigenvalue weighted by Crippen LogP contribution is -2.34. The average molecular weight is 513 g/mol. The van der Waals surface area contributed by atoms with Gasteiger partial charge in [0.1, 0.15) is 5.00 Å². The first kappa shape index (κ1) is 25.2. The molecule has 1 aliphatic rings. The Labute approximate surface area is 201 Å². The van der Waals surface area contributed by atoms with Crippen molar-refractivity contribution in [1.29, 1.82) is 0 Å². The lowest BCUT2D eigenvalue weighted by molar-refractivity contribution is -0.129. The van der Waals surface area contributed by atoms with Gasteiger partial charge in [0.05, 0.1) is 29.4 Å². The highest BCUT2D eigenvalue weighted by atomic mass is 35.5. The molecule has 1 aromatic carbocycles. The SMILES string of the molecule is CCOC(=O)c1c(NC(=O)CCCS(=O)(=O)c2ccc(Cl)cc2)sc2c1CCN(C(C)=O)C2. The summed E-state index contributed by atoms with van der Waals surface area (Å²) in [6.07, 6.45) is 0.584. The third kappa shape index (κ3) is 6.13. The van der Waals surface area contributed by atoms with Crippen molar-refractivity contribution in [1.82, 2.24) is 4.90 Å². The first-order chi connectivity index (χ1) is 15.6. The number of hydrogen-bond donors (Lipinski definition) is 1. The van der Waals surface area contributed by atoms with Crippen LogP contribution in [0.5, 0.6) is 0 Å². The van der Waals surface area contributed by atoms with Crippen LogP contribution in [0.15, 0.2) is 29.2 Å². The van der Waals surface area contributed by atoms with Gasteiger partial charge in [-0.1, -0.05) is 11.6 Å². The fourth-order valence-electron chi connectivity index (χ4n) is 3.55. The summed E-state index contributed by atoms with van der Waals surface area (Å²) in [6.45, 7) is 4.25. The zero-order valence-corrected chi connectivity index (χ0v) is 20.7. The molecule has 1 N–H and O–H groups in total. The number of carbonyl (C=O) groups excluding carboxylic acids is 3. The molecule has 33 heavy (non-hydrogen) atoms. The highest BCUT2D eigenvalue weighted by molar-refractivity contribution is 7.91. The lowest BCUT2D eigenvalue weighted by atomic mass is 10.0.